The first kappa shape index (κ1) is 11.7. The quantitative estimate of drug-likeness (QED) is 0.878. The van der Waals surface area contributed by atoms with Crippen molar-refractivity contribution in [2.75, 3.05) is 6.61 Å². The molecule has 0 radical (unpaired) electrons. The second-order valence-electron chi connectivity index (χ2n) is 3.90. The van der Waals surface area contributed by atoms with Gasteiger partial charge in [-0.25, -0.2) is 4.98 Å². The normalized spacial score (nSPS) is 12.4. The Morgan fingerprint density at radius 1 is 1.35 bits per heavy atom. The number of nitrogens with two attached hydrogens (primary N) is 1. The predicted molar refractivity (Wildman–Crippen MR) is 67.3 cm³/mol. The van der Waals surface area contributed by atoms with E-state index < -0.39 is 0 Å². The Labute approximate surface area is 101 Å². The summed E-state index contributed by atoms with van der Waals surface area (Å²) >= 11 is 0. The highest BCUT2D eigenvalue weighted by atomic mass is 16.5. The standard InChI is InChI=1S/C13H17N3O/c1-3-17-12-6-4-11(5-7-12)16-9-15-8-13(16)10(2)14/h4-10H,3,14H2,1-2H3/t10-/m0/s1. The fraction of sp³-hybridized carbons (Fsp3) is 0.308. The van der Waals surface area contributed by atoms with Crippen molar-refractivity contribution in [1.82, 2.24) is 9.55 Å². The van der Waals surface area contributed by atoms with E-state index in [2.05, 4.69) is 4.98 Å². The number of hydrogen-bond acceptors (Lipinski definition) is 3. The minimum atomic E-state index is -0.0379. The van der Waals surface area contributed by atoms with Crippen LogP contribution in [-0.4, -0.2) is 16.2 Å². The maximum atomic E-state index is 5.89. The molecule has 90 valence electrons. The Morgan fingerprint density at radius 2 is 2.06 bits per heavy atom. The van der Waals surface area contributed by atoms with E-state index in [1.165, 1.54) is 0 Å². The molecule has 2 N–H and O–H groups in total. The summed E-state index contributed by atoms with van der Waals surface area (Å²) in [4.78, 5) is 4.13. The molecule has 1 aromatic heterocycles. The number of imidazole rings is 1. The van der Waals surface area contributed by atoms with Gasteiger partial charge in [0.25, 0.3) is 0 Å². The number of nitrogens with zero attached hydrogens (tertiary/aromatic N) is 2. The van der Waals surface area contributed by atoms with Gasteiger partial charge in [0.15, 0.2) is 0 Å². The summed E-state index contributed by atoms with van der Waals surface area (Å²) in [5, 5.41) is 0. The molecule has 0 aliphatic heterocycles. The molecule has 2 aromatic rings. The van der Waals surface area contributed by atoms with Gasteiger partial charge >= 0.3 is 0 Å². The number of benzene rings is 1. The van der Waals surface area contributed by atoms with Crippen molar-refractivity contribution < 1.29 is 4.74 Å². The maximum absolute atomic E-state index is 5.89. The highest BCUT2D eigenvalue weighted by Gasteiger charge is 2.08. The minimum absolute atomic E-state index is 0.0379. The zero-order valence-corrected chi connectivity index (χ0v) is 10.1. The lowest BCUT2D eigenvalue weighted by molar-refractivity contribution is 0.340. The van der Waals surface area contributed by atoms with Crippen LogP contribution in [0.25, 0.3) is 5.69 Å². The number of rotatable bonds is 4. The molecule has 0 aliphatic carbocycles. The summed E-state index contributed by atoms with van der Waals surface area (Å²) in [7, 11) is 0. The lowest BCUT2D eigenvalue weighted by Crippen LogP contribution is -2.10. The van der Waals surface area contributed by atoms with Crippen molar-refractivity contribution in [3.8, 4) is 11.4 Å². The van der Waals surface area contributed by atoms with Crippen LogP contribution in [0.3, 0.4) is 0 Å². The highest BCUT2D eigenvalue weighted by Crippen LogP contribution is 2.19. The van der Waals surface area contributed by atoms with Gasteiger partial charge in [-0.1, -0.05) is 0 Å². The fourth-order valence-corrected chi connectivity index (χ4v) is 1.73. The van der Waals surface area contributed by atoms with Crippen LogP contribution in [0.5, 0.6) is 5.75 Å². The van der Waals surface area contributed by atoms with Crippen molar-refractivity contribution in [2.45, 2.75) is 19.9 Å². The van der Waals surface area contributed by atoms with Crippen molar-refractivity contribution in [3.05, 3.63) is 42.5 Å². The summed E-state index contributed by atoms with van der Waals surface area (Å²) in [5.41, 5.74) is 7.92. The predicted octanol–water partition coefficient (Wildman–Crippen LogP) is 2.29. The van der Waals surface area contributed by atoms with Crippen LogP contribution in [0.15, 0.2) is 36.8 Å². The van der Waals surface area contributed by atoms with Crippen LogP contribution < -0.4 is 10.5 Å². The molecule has 0 spiro atoms. The molecule has 0 fully saturated rings. The van der Waals surface area contributed by atoms with E-state index in [0.717, 1.165) is 17.1 Å². The molecule has 2 rings (SSSR count). The Kier molecular flexibility index (Phi) is 3.44. The van der Waals surface area contributed by atoms with E-state index in [-0.39, 0.29) is 6.04 Å². The Bertz CT molecular complexity index is 474. The van der Waals surface area contributed by atoms with Gasteiger partial charge < -0.3 is 15.0 Å². The average Bonchev–Trinajstić information content (AvgIpc) is 2.79. The second kappa shape index (κ2) is 5.01. The van der Waals surface area contributed by atoms with Crippen LogP contribution in [-0.2, 0) is 0 Å². The summed E-state index contributed by atoms with van der Waals surface area (Å²) in [6, 6.07) is 7.86. The molecular formula is C13H17N3O. The van der Waals surface area contributed by atoms with Gasteiger partial charge in [0.2, 0.25) is 0 Å². The van der Waals surface area contributed by atoms with Crippen molar-refractivity contribution in [2.24, 2.45) is 5.73 Å². The van der Waals surface area contributed by atoms with Crippen LogP contribution in [0.2, 0.25) is 0 Å². The molecule has 4 heteroatoms. The Balaban J connectivity index is 2.30. The summed E-state index contributed by atoms with van der Waals surface area (Å²) < 4.78 is 7.39. The molecule has 1 aromatic carbocycles. The third-order valence-electron chi connectivity index (χ3n) is 2.56. The molecule has 0 saturated heterocycles. The van der Waals surface area contributed by atoms with Gasteiger partial charge in [-0.05, 0) is 38.1 Å². The number of ether oxygens (including phenoxy) is 1. The van der Waals surface area contributed by atoms with Gasteiger partial charge in [-0.3, -0.25) is 0 Å². The molecule has 17 heavy (non-hydrogen) atoms. The molecule has 0 saturated carbocycles. The third kappa shape index (κ3) is 2.47. The van der Waals surface area contributed by atoms with Gasteiger partial charge in [-0.15, -0.1) is 0 Å². The SMILES string of the molecule is CCOc1ccc(-n2cncc2[C@H](C)N)cc1. The van der Waals surface area contributed by atoms with Gasteiger partial charge in [0, 0.05) is 11.7 Å². The molecular weight excluding hydrogens is 214 g/mol. The smallest absolute Gasteiger partial charge is 0.119 e. The summed E-state index contributed by atoms with van der Waals surface area (Å²) in [6.45, 7) is 4.59. The Hall–Kier alpha value is -1.81. The first-order chi connectivity index (χ1) is 8.22. The highest BCUT2D eigenvalue weighted by molar-refractivity contribution is 5.39. The van der Waals surface area contributed by atoms with Crippen LogP contribution >= 0.6 is 0 Å². The monoisotopic (exact) mass is 231 g/mol. The van der Waals surface area contributed by atoms with Gasteiger partial charge in [0.05, 0.1) is 24.8 Å². The van der Waals surface area contributed by atoms with Crippen molar-refractivity contribution in [1.29, 1.82) is 0 Å². The third-order valence-corrected chi connectivity index (χ3v) is 2.56. The van der Waals surface area contributed by atoms with Crippen molar-refractivity contribution >= 4 is 0 Å². The summed E-state index contributed by atoms with van der Waals surface area (Å²) in [5.74, 6) is 0.874. The zero-order chi connectivity index (χ0) is 12.3. The largest absolute Gasteiger partial charge is 0.494 e. The van der Waals surface area contributed by atoms with Crippen molar-refractivity contribution in [3.63, 3.8) is 0 Å². The number of hydrogen-bond donors (Lipinski definition) is 1. The molecule has 0 aliphatic rings. The minimum Gasteiger partial charge on any atom is -0.494 e. The van der Waals surface area contributed by atoms with Crippen LogP contribution in [0, 0.1) is 0 Å². The number of aromatic nitrogens is 2. The molecule has 4 nitrogen and oxygen atoms in total. The fourth-order valence-electron chi connectivity index (χ4n) is 1.73. The first-order valence-electron chi connectivity index (χ1n) is 5.73. The van der Waals surface area contributed by atoms with Gasteiger partial charge in [0.1, 0.15) is 5.75 Å². The van der Waals surface area contributed by atoms with Crippen LogP contribution in [0.4, 0.5) is 0 Å². The van der Waals surface area contributed by atoms with Crippen LogP contribution in [0.1, 0.15) is 25.6 Å². The lowest BCUT2D eigenvalue weighted by Gasteiger charge is -2.11. The zero-order valence-electron chi connectivity index (χ0n) is 10.1. The topological polar surface area (TPSA) is 53.1 Å². The molecule has 0 bridgehead atoms. The van der Waals surface area contributed by atoms with E-state index in [0.29, 0.717) is 6.61 Å². The second-order valence-corrected chi connectivity index (χ2v) is 3.90. The maximum Gasteiger partial charge on any atom is 0.119 e. The van der Waals surface area contributed by atoms with E-state index in [4.69, 9.17) is 10.5 Å². The lowest BCUT2D eigenvalue weighted by atomic mass is 10.2. The molecule has 1 atom stereocenters. The average molecular weight is 231 g/mol. The van der Waals surface area contributed by atoms with E-state index in [9.17, 15) is 0 Å². The van der Waals surface area contributed by atoms with E-state index in [1.54, 1.807) is 12.5 Å². The molecule has 0 unspecified atom stereocenters. The Morgan fingerprint density at radius 3 is 2.65 bits per heavy atom. The van der Waals surface area contributed by atoms with Gasteiger partial charge in [-0.2, -0.15) is 0 Å². The summed E-state index contributed by atoms with van der Waals surface area (Å²) in [6.07, 6.45) is 3.56. The molecule has 0 amide bonds. The molecule has 1 heterocycles. The first-order valence-corrected chi connectivity index (χ1v) is 5.73. The van der Waals surface area contributed by atoms with E-state index in [1.807, 2.05) is 42.7 Å². The van der Waals surface area contributed by atoms with E-state index >= 15 is 0 Å².